The second-order valence-corrected chi connectivity index (χ2v) is 7.91. The molecule has 1 atom stereocenters. The van der Waals surface area contributed by atoms with E-state index in [-0.39, 0.29) is 18.3 Å². The van der Waals surface area contributed by atoms with Crippen LogP contribution >= 0.6 is 0 Å². The number of esters is 2. The van der Waals surface area contributed by atoms with Crippen LogP contribution in [0.4, 0.5) is 0 Å². The van der Waals surface area contributed by atoms with Gasteiger partial charge in [0.15, 0.2) is 0 Å². The Labute approximate surface area is 171 Å². The van der Waals surface area contributed by atoms with Gasteiger partial charge >= 0.3 is 11.9 Å². The molecule has 0 saturated heterocycles. The average molecular weight is 394 g/mol. The number of carbonyl (C=O) groups is 2. The predicted molar refractivity (Wildman–Crippen MR) is 111 cm³/mol. The molecule has 0 bridgehead atoms. The van der Waals surface area contributed by atoms with Crippen molar-refractivity contribution in [2.75, 3.05) is 6.61 Å². The molecule has 0 unspecified atom stereocenters. The molecule has 3 rings (SSSR count). The number of benzene rings is 2. The van der Waals surface area contributed by atoms with Gasteiger partial charge in [0.2, 0.25) is 5.76 Å². The summed E-state index contributed by atoms with van der Waals surface area (Å²) in [5, 5.41) is 2.25. The standard InChI is InChI=1S/C24H26O5/c1-5-27-22(25)15-20-13-19(14-21(28-20)23(26)29-24(2,3)4)18-11-10-16-8-6-7-9-17(16)12-18/h6-12,14-15,19H,5,13H2,1-4H3/b20-15+/t19-/m0/s1. The predicted octanol–water partition coefficient (Wildman–Crippen LogP) is 5.02. The van der Waals surface area contributed by atoms with Crippen molar-refractivity contribution in [3.05, 3.63) is 71.7 Å². The maximum atomic E-state index is 12.6. The molecule has 1 aliphatic rings. The number of hydrogen-bond acceptors (Lipinski definition) is 5. The molecule has 0 aliphatic carbocycles. The van der Waals surface area contributed by atoms with E-state index in [9.17, 15) is 9.59 Å². The molecule has 0 spiro atoms. The Kier molecular flexibility index (Phi) is 6.06. The summed E-state index contributed by atoms with van der Waals surface area (Å²) in [7, 11) is 0. The van der Waals surface area contributed by atoms with Crippen LogP contribution < -0.4 is 0 Å². The van der Waals surface area contributed by atoms with Gasteiger partial charge in [-0.1, -0.05) is 42.5 Å². The van der Waals surface area contributed by atoms with Crippen LogP contribution in [0.15, 0.2) is 66.1 Å². The van der Waals surface area contributed by atoms with E-state index in [2.05, 4.69) is 18.2 Å². The van der Waals surface area contributed by atoms with Crippen LogP contribution in [0.25, 0.3) is 10.8 Å². The second kappa shape index (κ2) is 8.52. The zero-order chi connectivity index (χ0) is 21.0. The third-order valence-electron chi connectivity index (χ3n) is 4.38. The van der Waals surface area contributed by atoms with E-state index >= 15 is 0 Å². The highest BCUT2D eigenvalue weighted by Crippen LogP contribution is 2.35. The quantitative estimate of drug-likeness (QED) is 0.538. The maximum absolute atomic E-state index is 12.6. The van der Waals surface area contributed by atoms with Crippen molar-refractivity contribution in [2.24, 2.45) is 0 Å². The third kappa shape index (κ3) is 5.47. The molecule has 0 saturated carbocycles. The summed E-state index contributed by atoms with van der Waals surface area (Å²) in [5.41, 5.74) is 0.380. The fourth-order valence-electron chi connectivity index (χ4n) is 3.17. The van der Waals surface area contributed by atoms with Crippen LogP contribution in [0.2, 0.25) is 0 Å². The van der Waals surface area contributed by atoms with Gasteiger partial charge in [-0.15, -0.1) is 0 Å². The van der Waals surface area contributed by atoms with Gasteiger partial charge in [0.25, 0.3) is 0 Å². The van der Waals surface area contributed by atoms with Crippen LogP contribution in [0.3, 0.4) is 0 Å². The number of hydrogen-bond donors (Lipinski definition) is 0. The van der Waals surface area contributed by atoms with E-state index in [0.29, 0.717) is 12.2 Å². The van der Waals surface area contributed by atoms with Crippen molar-refractivity contribution in [3.8, 4) is 0 Å². The van der Waals surface area contributed by atoms with Crippen molar-refractivity contribution < 1.29 is 23.8 Å². The van der Waals surface area contributed by atoms with Crippen LogP contribution in [-0.2, 0) is 23.8 Å². The van der Waals surface area contributed by atoms with Crippen molar-refractivity contribution in [1.82, 2.24) is 0 Å². The maximum Gasteiger partial charge on any atom is 0.374 e. The Morgan fingerprint density at radius 1 is 1.14 bits per heavy atom. The van der Waals surface area contributed by atoms with E-state index in [1.807, 2.05) is 24.3 Å². The monoisotopic (exact) mass is 394 g/mol. The van der Waals surface area contributed by atoms with Crippen molar-refractivity contribution >= 4 is 22.7 Å². The first-order chi connectivity index (χ1) is 13.7. The summed E-state index contributed by atoms with van der Waals surface area (Å²) in [6.07, 6.45) is 3.51. The molecule has 0 N–H and O–H groups in total. The van der Waals surface area contributed by atoms with Gasteiger partial charge in [0, 0.05) is 12.3 Å². The zero-order valence-electron chi connectivity index (χ0n) is 17.2. The van der Waals surface area contributed by atoms with E-state index in [1.54, 1.807) is 33.8 Å². The molecule has 5 heteroatoms. The Balaban J connectivity index is 1.96. The lowest BCUT2D eigenvalue weighted by molar-refractivity contribution is -0.154. The summed E-state index contributed by atoms with van der Waals surface area (Å²) >= 11 is 0. The fourth-order valence-corrected chi connectivity index (χ4v) is 3.17. The SMILES string of the molecule is CCOC(=O)/C=C1\C[C@H](c2ccc3ccccc3c2)C=C(C(=O)OC(C)(C)C)O1. The molecule has 0 fully saturated rings. The summed E-state index contributed by atoms with van der Waals surface area (Å²) in [6, 6.07) is 14.3. The molecule has 0 radical (unpaired) electrons. The van der Waals surface area contributed by atoms with Crippen molar-refractivity contribution in [1.29, 1.82) is 0 Å². The fraction of sp³-hybridized carbons (Fsp3) is 0.333. The van der Waals surface area contributed by atoms with E-state index in [4.69, 9.17) is 14.2 Å². The summed E-state index contributed by atoms with van der Waals surface area (Å²) in [4.78, 5) is 24.5. The lowest BCUT2D eigenvalue weighted by Gasteiger charge is -2.26. The van der Waals surface area contributed by atoms with E-state index < -0.39 is 17.5 Å². The summed E-state index contributed by atoms with van der Waals surface area (Å²) in [6.45, 7) is 7.40. The molecular weight excluding hydrogens is 368 g/mol. The minimum absolute atomic E-state index is 0.0832. The van der Waals surface area contributed by atoms with Gasteiger partial charge in [0.05, 0.1) is 12.7 Å². The van der Waals surface area contributed by atoms with E-state index in [1.165, 1.54) is 6.08 Å². The lowest BCUT2D eigenvalue weighted by Crippen LogP contribution is -2.27. The minimum Gasteiger partial charge on any atom is -0.463 e. The first-order valence-corrected chi connectivity index (χ1v) is 9.74. The summed E-state index contributed by atoms with van der Waals surface area (Å²) in [5.74, 6) is -0.718. The Morgan fingerprint density at radius 2 is 1.86 bits per heavy atom. The number of allylic oxidation sites excluding steroid dienone is 2. The van der Waals surface area contributed by atoms with Gasteiger partial charge in [-0.2, -0.15) is 0 Å². The van der Waals surface area contributed by atoms with Crippen LogP contribution in [-0.4, -0.2) is 24.1 Å². The molecule has 152 valence electrons. The van der Waals surface area contributed by atoms with Crippen LogP contribution in [0.5, 0.6) is 0 Å². The Bertz CT molecular complexity index is 978. The molecule has 29 heavy (non-hydrogen) atoms. The van der Waals surface area contributed by atoms with Gasteiger partial charge in [-0.25, -0.2) is 9.59 Å². The molecule has 5 nitrogen and oxygen atoms in total. The van der Waals surface area contributed by atoms with Crippen molar-refractivity contribution in [3.63, 3.8) is 0 Å². The largest absolute Gasteiger partial charge is 0.463 e. The van der Waals surface area contributed by atoms with Gasteiger partial charge in [-0.05, 0) is 50.1 Å². The number of fused-ring (bicyclic) bond motifs is 1. The minimum atomic E-state index is -0.651. The highest BCUT2D eigenvalue weighted by atomic mass is 16.6. The topological polar surface area (TPSA) is 61.8 Å². The third-order valence-corrected chi connectivity index (χ3v) is 4.38. The molecule has 2 aromatic carbocycles. The first kappa shape index (κ1) is 20.6. The van der Waals surface area contributed by atoms with Crippen LogP contribution in [0.1, 0.15) is 45.6 Å². The summed E-state index contributed by atoms with van der Waals surface area (Å²) < 4.78 is 16.1. The van der Waals surface area contributed by atoms with E-state index in [0.717, 1.165) is 16.3 Å². The first-order valence-electron chi connectivity index (χ1n) is 9.74. The molecular formula is C24H26O5. The smallest absolute Gasteiger partial charge is 0.374 e. The molecule has 2 aromatic rings. The molecule has 0 aromatic heterocycles. The number of carbonyl (C=O) groups excluding carboxylic acids is 2. The Morgan fingerprint density at radius 3 is 2.55 bits per heavy atom. The highest BCUT2D eigenvalue weighted by Gasteiger charge is 2.29. The average Bonchev–Trinajstić information content (AvgIpc) is 2.66. The van der Waals surface area contributed by atoms with Gasteiger partial charge < -0.3 is 14.2 Å². The Hall–Kier alpha value is -3.08. The van der Waals surface area contributed by atoms with Crippen LogP contribution in [0, 0.1) is 0 Å². The van der Waals surface area contributed by atoms with Gasteiger partial charge in [-0.3, -0.25) is 0 Å². The van der Waals surface area contributed by atoms with Gasteiger partial charge in [0.1, 0.15) is 11.4 Å². The number of ether oxygens (including phenoxy) is 3. The van der Waals surface area contributed by atoms with Crippen molar-refractivity contribution in [2.45, 2.75) is 45.6 Å². The lowest BCUT2D eigenvalue weighted by atomic mass is 9.90. The normalized spacial score (nSPS) is 18.1. The number of rotatable bonds is 4. The molecule has 1 heterocycles. The zero-order valence-corrected chi connectivity index (χ0v) is 17.2. The molecule has 1 aliphatic heterocycles. The molecule has 0 amide bonds. The highest BCUT2D eigenvalue weighted by molar-refractivity contribution is 5.88. The second-order valence-electron chi connectivity index (χ2n) is 7.91.